The molecule has 0 aliphatic heterocycles. The Morgan fingerprint density at radius 3 is 2.61 bits per heavy atom. The summed E-state index contributed by atoms with van der Waals surface area (Å²) in [6.07, 6.45) is 4.12. The van der Waals surface area contributed by atoms with Crippen LogP contribution < -0.4 is 10.6 Å². The van der Waals surface area contributed by atoms with Gasteiger partial charge in [-0.25, -0.2) is 4.79 Å². The number of carboxylic acid groups (broad SMARTS) is 1. The molecule has 0 bridgehead atoms. The Labute approximate surface area is 108 Å². The minimum Gasteiger partial charge on any atom is -0.481 e. The summed E-state index contributed by atoms with van der Waals surface area (Å²) >= 11 is 0. The number of carbonyl (C=O) groups is 2. The zero-order chi connectivity index (χ0) is 13.5. The molecule has 0 spiro atoms. The van der Waals surface area contributed by atoms with Gasteiger partial charge in [0.25, 0.3) is 0 Å². The molecule has 3 N–H and O–H groups in total. The summed E-state index contributed by atoms with van der Waals surface area (Å²) in [6, 6.07) is 0.109. The molecular formula is C13H24N2O3. The first kappa shape index (κ1) is 14.8. The fourth-order valence-corrected chi connectivity index (χ4v) is 2.42. The maximum atomic E-state index is 11.6. The third-order valence-electron chi connectivity index (χ3n) is 3.62. The first-order valence-electron chi connectivity index (χ1n) is 6.77. The molecule has 1 aliphatic rings. The molecular weight excluding hydrogens is 232 g/mol. The molecule has 3 unspecified atom stereocenters. The second kappa shape index (κ2) is 7.24. The molecule has 0 aromatic heterocycles. The standard InChI is InChI=1S/C13H24N2O3/c1-3-10(7-12(16)17)8-14-13(18)15-11-5-4-9(2)6-11/h9-11H,3-8H2,1-2H3,(H,16,17)(H2,14,15,18). The van der Waals surface area contributed by atoms with Crippen molar-refractivity contribution in [1.82, 2.24) is 10.6 Å². The van der Waals surface area contributed by atoms with Crippen molar-refractivity contribution in [3.05, 3.63) is 0 Å². The quantitative estimate of drug-likeness (QED) is 0.680. The van der Waals surface area contributed by atoms with Gasteiger partial charge in [-0.05, 0) is 31.1 Å². The van der Waals surface area contributed by atoms with E-state index in [4.69, 9.17) is 5.11 Å². The number of hydrogen-bond donors (Lipinski definition) is 3. The summed E-state index contributed by atoms with van der Waals surface area (Å²) in [5.41, 5.74) is 0. The average molecular weight is 256 g/mol. The largest absolute Gasteiger partial charge is 0.481 e. The Balaban J connectivity index is 2.21. The lowest BCUT2D eigenvalue weighted by atomic mass is 10.0. The maximum absolute atomic E-state index is 11.6. The molecule has 0 aromatic rings. The Morgan fingerprint density at radius 2 is 2.11 bits per heavy atom. The van der Waals surface area contributed by atoms with E-state index >= 15 is 0 Å². The van der Waals surface area contributed by atoms with E-state index in [1.165, 1.54) is 6.42 Å². The van der Waals surface area contributed by atoms with E-state index in [0.717, 1.165) is 19.3 Å². The molecule has 18 heavy (non-hydrogen) atoms. The second-order valence-electron chi connectivity index (χ2n) is 5.34. The number of carboxylic acids is 1. The van der Waals surface area contributed by atoms with Gasteiger partial charge in [0.1, 0.15) is 0 Å². The van der Waals surface area contributed by atoms with Crippen molar-refractivity contribution < 1.29 is 14.7 Å². The van der Waals surface area contributed by atoms with Crippen LogP contribution in [0, 0.1) is 11.8 Å². The third kappa shape index (κ3) is 5.38. The van der Waals surface area contributed by atoms with Crippen LogP contribution in [0.15, 0.2) is 0 Å². The van der Waals surface area contributed by atoms with Crippen LogP contribution in [0.5, 0.6) is 0 Å². The van der Waals surface area contributed by atoms with Gasteiger partial charge >= 0.3 is 12.0 Å². The van der Waals surface area contributed by atoms with Gasteiger partial charge in [0.2, 0.25) is 0 Å². The average Bonchev–Trinajstić information content (AvgIpc) is 2.69. The summed E-state index contributed by atoms with van der Waals surface area (Å²) < 4.78 is 0. The summed E-state index contributed by atoms with van der Waals surface area (Å²) in [4.78, 5) is 22.2. The Morgan fingerprint density at radius 1 is 1.39 bits per heavy atom. The van der Waals surface area contributed by atoms with Crippen LogP contribution in [0.2, 0.25) is 0 Å². The minimum atomic E-state index is -0.811. The molecule has 5 nitrogen and oxygen atoms in total. The fourth-order valence-electron chi connectivity index (χ4n) is 2.42. The second-order valence-corrected chi connectivity index (χ2v) is 5.34. The van der Waals surface area contributed by atoms with Gasteiger partial charge in [0, 0.05) is 19.0 Å². The molecule has 5 heteroatoms. The molecule has 2 amide bonds. The molecule has 1 saturated carbocycles. The topological polar surface area (TPSA) is 78.4 Å². The molecule has 0 aromatic carbocycles. The number of rotatable bonds is 6. The van der Waals surface area contributed by atoms with Crippen LogP contribution >= 0.6 is 0 Å². The van der Waals surface area contributed by atoms with Crippen LogP contribution in [0.25, 0.3) is 0 Å². The zero-order valence-corrected chi connectivity index (χ0v) is 11.2. The van der Waals surface area contributed by atoms with Crippen molar-refractivity contribution in [1.29, 1.82) is 0 Å². The van der Waals surface area contributed by atoms with Gasteiger partial charge in [-0.1, -0.05) is 20.3 Å². The van der Waals surface area contributed by atoms with Crippen LogP contribution in [0.3, 0.4) is 0 Å². The number of aliphatic carboxylic acids is 1. The summed E-state index contributed by atoms with van der Waals surface area (Å²) in [5, 5.41) is 14.4. The van der Waals surface area contributed by atoms with Crippen molar-refractivity contribution in [2.45, 2.75) is 52.0 Å². The number of urea groups is 1. The Hall–Kier alpha value is -1.26. The molecule has 1 fully saturated rings. The van der Waals surface area contributed by atoms with Gasteiger partial charge in [-0.3, -0.25) is 4.79 Å². The molecule has 3 atom stereocenters. The van der Waals surface area contributed by atoms with Crippen LogP contribution in [-0.2, 0) is 4.79 Å². The number of carbonyl (C=O) groups excluding carboxylic acids is 1. The van der Waals surface area contributed by atoms with Gasteiger partial charge < -0.3 is 15.7 Å². The number of amides is 2. The highest BCUT2D eigenvalue weighted by atomic mass is 16.4. The fraction of sp³-hybridized carbons (Fsp3) is 0.846. The summed E-state index contributed by atoms with van der Waals surface area (Å²) in [6.45, 7) is 4.56. The number of hydrogen-bond acceptors (Lipinski definition) is 2. The first-order valence-corrected chi connectivity index (χ1v) is 6.77. The predicted octanol–water partition coefficient (Wildman–Crippen LogP) is 1.98. The minimum absolute atomic E-state index is 0.00996. The van der Waals surface area contributed by atoms with Gasteiger partial charge in [-0.2, -0.15) is 0 Å². The third-order valence-corrected chi connectivity index (χ3v) is 3.62. The monoisotopic (exact) mass is 256 g/mol. The van der Waals surface area contributed by atoms with Crippen molar-refractivity contribution >= 4 is 12.0 Å². The highest BCUT2D eigenvalue weighted by molar-refractivity contribution is 5.74. The van der Waals surface area contributed by atoms with Gasteiger partial charge in [0.15, 0.2) is 0 Å². The van der Waals surface area contributed by atoms with Crippen molar-refractivity contribution in [2.75, 3.05) is 6.54 Å². The maximum Gasteiger partial charge on any atom is 0.315 e. The van der Waals surface area contributed by atoms with E-state index in [-0.39, 0.29) is 24.4 Å². The molecule has 0 saturated heterocycles. The molecule has 1 rings (SSSR count). The van der Waals surface area contributed by atoms with Crippen LogP contribution in [0.4, 0.5) is 4.79 Å². The highest BCUT2D eigenvalue weighted by Crippen LogP contribution is 2.24. The number of nitrogens with one attached hydrogen (secondary N) is 2. The summed E-state index contributed by atoms with van der Waals surface area (Å²) in [7, 11) is 0. The molecule has 104 valence electrons. The zero-order valence-electron chi connectivity index (χ0n) is 11.2. The van der Waals surface area contributed by atoms with E-state index in [1.807, 2.05) is 6.92 Å². The molecule has 0 heterocycles. The van der Waals surface area contributed by atoms with Crippen molar-refractivity contribution in [2.24, 2.45) is 11.8 Å². The van der Waals surface area contributed by atoms with E-state index < -0.39 is 5.97 Å². The smallest absolute Gasteiger partial charge is 0.315 e. The normalized spacial score (nSPS) is 24.6. The van der Waals surface area contributed by atoms with Crippen LogP contribution in [0.1, 0.15) is 46.0 Å². The predicted molar refractivity (Wildman–Crippen MR) is 69.4 cm³/mol. The first-order chi connectivity index (χ1) is 8.51. The van der Waals surface area contributed by atoms with Gasteiger partial charge in [0.05, 0.1) is 0 Å². The Bertz CT molecular complexity index is 294. The summed E-state index contributed by atoms with van der Waals surface area (Å²) in [5.74, 6) is -0.116. The van der Waals surface area contributed by atoms with E-state index in [9.17, 15) is 9.59 Å². The highest BCUT2D eigenvalue weighted by Gasteiger charge is 2.22. The lowest BCUT2D eigenvalue weighted by molar-refractivity contribution is -0.138. The van der Waals surface area contributed by atoms with E-state index in [0.29, 0.717) is 12.5 Å². The SMILES string of the molecule is CCC(CNC(=O)NC1CCC(C)C1)CC(=O)O. The van der Waals surface area contributed by atoms with E-state index in [2.05, 4.69) is 17.6 Å². The lowest BCUT2D eigenvalue weighted by Gasteiger charge is -2.16. The van der Waals surface area contributed by atoms with Crippen LogP contribution in [-0.4, -0.2) is 29.7 Å². The van der Waals surface area contributed by atoms with Crippen molar-refractivity contribution in [3.8, 4) is 0 Å². The molecule has 0 radical (unpaired) electrons. The van der Waals surface area contributed by atoms with E-state index in [1.54, 1.807) is 0 Å². The van der Waals surface area contributed by atoms with Gasteiger partial charge in [-0.15, -0.1) is 0 Å². The Kier molecular flexibility index (Phi) is 5.95. The molecule has 1 aliphatic carbocycles. The van der Waals surface area contributed by atoms with Crippen molar-refractivity contribution in [3.63, 3.8) is 0 Å². The lowest BCUT2D eigenvalue weighted by Crippen LogP contribution is -2.42.